The van der Waals surface area contributed by atoms with Crippen LogP contribution in [0.2, 0.25) is 0 Å². The molecule has 0 radical (unpaired) electrons. The molecular weight excluding hydrogens is 256 g/mol. The van der Waals surface area contributed by atoms with E-state index in [1.54, 1.807) is 31.4 Å². The summed E-state index contributed by atoms with van der Waals surface area (Å²) >= 11 is 0. The summed E-state index contributed by atoms with van der Waals surface area (Å²) in [5.41, 5.74) is 0.625. The fourth-order valence-electron chi connectivity index (χ4n) is 2.91. The number of carbonyl (C=O) groups is 2. The average molecular weight is 276 g/mol. The van der Waals surface area contributed by atoms with Crippen LogP contribution in [0.15, 0.2) is 24.3 Å². The van der Waals surface area contributed by atoms with Gasteiger partial charge in [-0.15, -0.1) is 0 Å². The number of hydrogen-bond donors (Lipinski definition) is 1. The number of hydrogen-bond acceptors (Lipinski definition) is 3. The van der Waals surface area contributed by atoms with Crippen molar-refractivity contribution in [3.05, 3.63) is 29.8 Å². The van der Waals surface area contributed by atoms with Gasteiger partial charge in [-0.3, -0.25) is 9.59 Å². The van der Waals surface area contributed by atoms with Gasteiger partial charge in [0.15, 0.2) is 5.78 Å². The Labute approximate surface area is 118 Å². The van der Waals surface area contributed by atoms with E-state index < -0.39 is 5.97 Å². The maximum Gasteiger partial charge on any atom is 0.306 e. The fraction of sp³-hybridized carbons (Fsp3) is 0.500. The first-order chi connectivity index (χ1) is 9.61. The molecule has 2 atom stereocenters. The number of carboxylic acids is 1. The third-order valence-electron chi connectivity index (χ3n) is 4.09. The van der Waals surface area contributed by atoms with E-state index >= 15 is 0 Å². The number of ketones is 1. The molecule has 1 aliphatic carbocycles. The van der Waals surface area contributed by atoms with Crippen LogP contribution in [0, 0.1) is 11.8 Å². The molecule has 1 saturated carbocycles. The second kappa shape index (κ2) is 6.55. The summed E-state index contributed by atoms with van der Waals surface area (Å²) in [5, 5.41) is 9.23. The van der Waals surface area contributed by atoms with Gasteiger partial charge in [0.2, 0.25) is 0 Å². The van der Waals surface area contributed by atoms with Gasteiger partial charge in [-0.05, 0) is 43.0 Å². The largest absolute Gasteiger partial charge is 0.497 e. The molecule has 2 rings (SSSR count). The van der Waals surface area contributed by atoms with Crippen molar-refractivity contribution in [2.45, 2.75) is 32.1 Å². The van der Waals surface area contributed by atoms with Gasteiger partial charge in [0, 0.05) is 12.0 Å². The molecule has 4 nitrogen and oxygen atoms in total. The minimum absolute atomic E-state index is 0.0193. The minimum atomic E-state index is -0.766. The van der Waals surface area contributed by atoms with Gasteiger partial charge in [0.1, 0.15) is 5.75 Å². The molecule has 1 aliphatic rings. The summed E-state index contributed by atoms with van der Waals surface area (Å²) < 4.78 is 5.06. The van der Waals surface area contributed by atoms with E-state index in [0.717, 1.165) is 19.3 Å². The van der Waals surface area contributed by atoms with E-state index in [9.17, 15) is 14.7 Å². The third kappa shape index (κ3) is 3.38. The van der Waals surface area contributed by atoms with Gasteiger partial charge >= 0.3 is 5.97 Å². The van der Waals surface area contributed by atoms with Crippen molar-refractivity contribution in [2.24, 2.45) is 11.8 Å². The summed E-state index contributed by atoms with van der Waals surface area (Å²) in [6, 6.07) is 6.98. The van der Waals surface area contributed by atoms with Gasteiger partial charge in [-0.1, -0.05) is 12.8 Å². The summed E-state index contributed by atoms with van der Waals surface area (Å²) in [6.45, 7) is 0. The number of benzene rings is 1. The van der Waals surface area contributed by atoms with E-state index in [1.165, 1.54) is 0 Å². The van der Waals surface area contributed by atoms with Crippen molar-refractivity contribution < 1.29 is 19.4 Å². The lowest BCUT2D eigenvalue weighted by atomic mass is 9.76. The van der Waals surface area contributed by atoms with Gasteiger partial charge < -0.3 is 9.84 Å². The summed E-state index contributed by atoms with van der Waals surface area (Å²) in [4.78, 5) is 23.5. The predicted molar refractivity (Wildman–Crippen MR) is 75.0 cm³/mol. The maximum absolute atomic E-state index is 12.2. The van der Waals surface area contributed by atoms with Crippen LogP contribution in [0.4, 0.5) is 0 Å². The number of aliphatic carboxylic acids is 1. The summed E-state index contributed by atoms with van der Waals surface area (Å²) in [7, 11) is 1.58. The Morgan fingerprint density at radius 3 is 2.45 bits per heavy atom. The topological polar surface area (TPSA) is 63.6 Å². The highest BCUT2D eigenvalue weighted by atomic mass is 16.5. The molecule has 1 aromatic carbocycles. The van der Waals surface area contributed by atoms with Crippen molar-refractivity contribution in [1.29, 1.82) is 0 Å². The number of carboxylic acid groups (broad SMARTS) is 1. The normalized spacial score (nSPS) is 22.2. The van der Waals surface area contributed by atoms with Gasteiger partial charge in [0.05, 0.1) is 13.0 Å². The Bertz CT molecular complexity index is 478. The van der Waals surface area contributed by atoms with E-state index in [1.807, 2.05) is 0 Å². The van der Waals surface area contributed by atoms with Crippen molar-refractivity contribution in [3.63, 3.8) is 0 Å². The third-order valence-corrected chi connectivity index (χ3v) is 4.09. The van der Waals surface area contributed by atoms with Gasteiger partial charge in [-0.25, -0.2) is 0 Å². The highest BCUT2D eigenvalue weighted by Crippen LogP contribution is 2.33. The van der Waals surface area contributed by atoms with Crippen molar-refractivity contribution in [3.8, 4) is 5.75 Å². The first-order valence-electron chi connectivity index (χ1n) is 7.02. The van der Waals surface area contributed by atoms with Gasteiger partial charge in [0.25, 0.3) is 0 Å². The van der Waals surface area contributed by atoms with Crippen LogP contribution >= 0.6 is 0 Å². The second-order valence-corrected chi connectivity index (χ2v) is 5.35. The average Bonchev–Trinajstić information content (AvgIpc) is 2.47. The molecule has 20 heavy (non-hydrogen) atoms. The second-order valence-electron chi connectivity index (χ2n) is 5.35. The maximum atomic E-state index is 12.2. The quantitative estimate of drug-likeness (QED) is 0.839. The van der Waals surface area contributed by atoms with E-state index in [4.69, 9.17) is 4.74 Å². The van der Waals surface area contributed by atoms with E-state index in [0.29, 0.717) is 24.2 Å². The standard InChI is InChI=1S/C16H20O4/c1-20-13-8-6-11(7-9-13)15(17)10-12-4-2-3-5-14(12)16(18)19/h6-9,12,14H,2-5,10H2,1H3,(H,18,19)/t12-,14+/m0/s1. The van der Waals surface area contributed by atoms with Crippen LogP contribution in [0.1, 0.15) is 42.5 Å². The molecule has 1 fully saturated rings. The number of Topliss-reactive ketones (excluding diaryl/α,β-unsaturated/α-hetero) is 1. The molecule has 0 saturated heterocycles. The van der Waals surface area contributed by atoms with E-state index in [-0.39, 0.29) is 17.6 Å². The Morgan fingerprint density at radius 2 is 1.85 bits per heavy atom. The Morgan fingerprint density at radius 1 is 1.20 bits per heavy atom. The zero-order chi connectivity index (χ0) is 14.5. The Kier molecular flexibility index (Phi) is 4.77. The van der Waals surface area contributed by atoms with E-state index in [2.05, 4.69) is 0 Å². The van der Waals surface area contributed by atoms with Crippen LogP contribution < -0.4 is 4.74 Å². The van der Waals surface area contributed by atoms with Crippen LogP contribution in [0.3, 0.4) is 0 Å². The lowest BCUT2D eigenvalue weighted by Gasteiger charge is -2.27. The highest BCUT2D eigenvalue weighted by molar-refractivity contribution is 5.96. The molecule has 4 heteroatoms. The zero-order valence-corrected chi connectivity index (χ0v) is 11.7. The molecule has 0 aliphatic heterocycles. The van der Waals surface area contributed by atoms with Crippen molar-refractivity contribution >= 4 is 11.8 Å². The summed E-state index contributed by atoms with van der Waals surface area (Å²) in [5.74, 6) is -0.438. The molecule has 0 aromatic heterocycles. The molecule has 0 bridgehead atoms. The number of carbonyl (C=O) groups excluding carboxylic acids is 1. The molecular formula is C16H20O4. The first-order valence-corrected chi connectivity index (χ1v) is 7.02. The van der Waals surface area contributed by atoms with Crippen LogP contribution in [0.25, 0.3) is 0 Å². The zero-order valence-electron chi connectivity index (χ0n) is 11.7. The lowest BCUT2D eigenvalue weighted by Crippen LogP contribution is -2.28. The Balaban J connectivity index is 2.03. The first kappa shape index (κ1) is 14.6. The lowest BCUT2D eigenvalue weighted by molar-refractivity contribution is -0.144. The smallest absolute Gasteiger partial charge is 0.306 e. The molecule has 0 heterocycles. The highest BCUT2D eigenvalue weighted by Gasteiger charge is 2.32. The molecule has 108 valence electrons. The van der Waals surface area contributed by atoms with Gasteiger partial charge in [-0.2, -0.15) is 0 Å². The van der Waals surface area contributed by atoms with Crippen LogP contribution in [-0.2, 0) is 4.79 Å². The van der Waals surface area contributed by atoms with Crippen molar-refractivity contribution in [1.82, 2.24) is 0 Å². The fourth-order valence-corrected chi connectivity index (χ4v) is 2.91. The summed E-state index contributed by atoms with van der Waals surface area (Å²) in [6.07, 6.45) is 3.81. The van der Waals surface area contributed by atoms with Crippen LogP contribution in [0.5, 0.6) is 5.75 Å². The molecule has 0 unspecified atom stereocenters. The minimum Gasteiger partial charge on any atom is -0.497 e. The molecule has 1 aromatic rings. The number of ether oxygens (including phenoxy) is 1. The monoisotopic (exact) mass is 276 g/mol. The predicted octanol–water partition coefficient (Wildman–Crippen LogP) is 3.16. The molecule has 0 spiro atoms. The Hall–Kier alpha value is -1.84. The van der Waals surface area contributed by atoms with Crippen molar-refractivity contribution in [2.75, 3.05) is 7.11 Å². The SMILES string of the molecule is COc1ccc(C(=O)C[C@@H]2CCCC[C@H]2C(=O)O)cc1. The number of rotatable bonds is 5. The number of methoxy groups -OCH3 is 1. The molecule has 1 N–H and O–H groups in total. The van der Waals surface area contributed by atoms with Crippen LogP contribution in [-0.4, -0.2) is 24.0 Å². The molecule has 0 amide bonds.